The molecule has 0 unspecified atom stereocenters. The fourth-order valence-electron chi connectivity index (χ4n) is 2.64. The summed E-state index contributed by atoms with van der Waals surface area (Å²) in [6.45, 7) is 3.06. The Hall–Kier alpha value is -2.63. The molecule has 1 aromatic heterocycles. The van der Waals surface area contributed by atoms with Gasteiger partial charge >= 0.3 is 5.97 Å². The first-order valence-corrected chi connectivity index (χ1v) is 8.91. The first-order chi connectivity index (χ1) is 12.9. The molecule has 0 fully saturated rings. The Morgan fingerprint density at radius 3 is 2.56 bits per heavy atom. The number of aliphatic hydroxyl groups is 1. The van der Waals surface area contributed by atoms with Gasteiger partial charge in [0.25, 0.3) is 0 Å². The molecule has 0 radical (unpaired) electrons. The Bertz CT molecular complexity index is 903. The Kier molecular flexibility index (Phi) is 5.63. The van der Waals surface area contributed by atoms with E-state index >= 15 is 0 Å². The van der Waals surface area contributed by atoms with Gasteiger partial charge in [0.2, 0.25) is 5.89 Å². The highest BCUT2D eigenvalue weighted by atomic mass is 35.5. The molecule has 5 nitrogen and oxygen atoms in total. The van der Waals surface area contributed by atoms with Crippen LogP contribution in [0.25, 0.3) is 11.3 Å². The second kappa shape index (κ2) is 7.94. The van der Waals surface area contributed by atoms with Crippen molar-refractivity contribution in [1.29, 1.82) is 0 Å². The summed E-state index contributed by atoms with van der Waals surface area (Å²) in [6, 6.07) is 16.4. The molecule has 2 aromatic carbocycles. The lowest BCUT2D eigenvalue weighted by Crippen LogP contribution is -2.41. The smallest absolute Gasteiger partial charge is 0.338 e. The van der Waals surface area contributed by atoms with Crippen LogP contribution in [-0.4, -0.2) is 21.7 Å². The highest BCUT2D eigenvalue weighted by molar-refractivity contribution is 6.30. The van der Waals surface area contributed by atoms with Gasteiger partial charge in [0.1, 0.15) is 0 Å². The number of nitrogens with zero attached hydrogens (tertiary/aromatic N) is 1. The fourth-order valence-corrected chi connectivity index (χ4v) is 2.77. The third kappa shape index (κ3) is 4.38. The highest BCUT2D eigenvalue weighted by Gasteiger charge is 2.39. The van der Waals surface area contributed by atoms with Crippen LogP contribution in [0.2, 0.25) is 5.02 Å². The second-order valence-corrected chi connectivity index (χ2v) is 6.92. The van der Waals surface area contributed by atoms with E-state index in [4.69, 9.17) is 20.8 Å². The van der Waals surface area contributed by atoms with Crippen molar-refractivity contribution in [2.75, 3.05) is 0 Å². The molecule has 0 aliphatic rings. The van der Waals surface area contributed by atoms with E-state index in [1.807, 2.05) is 42.5 Å². The van der Waals surface area contributed by atoms with Gasteiger partial charge in [-0.25, -0.2) is 9.78 Å². The van der Waals surface area contributed by atoms with E-state index in [0.29, 0.717) is 10.8 Å². The number of halogens is 1. The van der Waals surface area contributed by atoms with E-state index < -0.39 is 17.5 Å². The number of oxazole rings is 1. The van der Waals surface area contributed by atoms with Gasteiger partial charge in [0, 0.05) is 16.5 Å². The average Bonchev–Trinajstić information content (AvgIpc) is 3.15. The minimum Gasteiger partial charge on any atom is -0.454 e. The zero-order valence-corrected chi connectivity index (χ0v) is 15.8. The summed E-state index contributed by atoms with van der Waals surface area (Å²) < 4.78 is 10.8. The molecule has 6 heteroatoms. The van der Waals surface area contributed by atoms with Gasteiger partial charge in [-0.1, -0.05) is 48.9 Å². The minimum absolute atomic E-state index is 0.163. The van der Waals surface area contributed by atoms with Gasteiger partial charge in [-0.2, -0.15) is 0 Å². The molecular formula is C21H20ClNO4. The van der Waals surface area contributed by atoms with E-state index in [0.717, 1.165) is 11.1 Å². The van der Waals surface area contributed by atoms with Gasteiger partial charge in [-0.05, 0) is 36.8 Å². The zero-order chi connectivity index (χ0) is 19.4. The summed E-state index contributed by atoms with van der Waals surface area (Å²) in [4.78, 5) is 16.5. The maximum Gasteiger partial charge on any atom is 0.338 e. The number of carbonyl (C=O) groups is 1. The third-order valence-electron chi connectivity index (χ3n) is 4.57. The van der Waals surface area contributed by atoms with Crippen molar-refractivity contribution in [3.63, 3.8) is 0 Å². The van der Waals surface area contributed by atoms with Gasteiger partial charge in [0.05, 0.1) is 6.20 Å². The molecule has 0 saturated heterocycles. The predicted octanol–water partition coefficient (Wildman–Crippen LogP) is 4.59. The van der Waals surface area contributed by atoms with Gasteiger partial charge in [0.15, 0.2) is 18.0 Å². The van der Waals surface area contributed by atoms with Gasteiger partial charge in [-0.3, -0.25) is 0 Å². The maximum atomic E-state index is 12.4. The van der Waals surface area contributed by atoms with E-state index in [-0.39, 0.29) is 12.5 Å². The Morgan fingerprint density at radius 2 is 1.89 bits per heavy atom. The molecule has 0 spiro atoms. The molecule has 27 heavy (non-hydrogen) atoms. The van der Waals surface area contributed by atoms with Gasteiger partial charge in [-0.15, -0.1) is 0 Å². The van der Waals surface area contributed by atoms with E-state index in [9.17, 15) is 9.90 Å². The Balaban J connectivity index is 1.64. The molecule has 0 bridgehead atoms. The van der Waals surface area contributed by atoms with Crippen molar-refractivity contribution in [3.8, 4) is 11.3 Å². The lowest BCUT2D eigenvalue weighted by Gasteiger charge is -2.28. The summed E-state index contributed by atoms with van der Waals surface area (Å²) in [5.74, 6) is -0.371. The first kappa shape index (κ1) is 19.1. The van der Waals surface area contributed by atoms with Crippen LogP contribution in [0.5, 0.6) is 0 Å². The number of rotatable bonds is 6. The molecule has 1 N–H and O–H groups in total. The molecular weight excluding hydrogens is 366 g/mol. The van der Waals surface area contributed by atoms with Crippen LogP contribution in [0, 0.1) is 0 Å². The van der Waals surface area contributed by atoms with Crippen LogP contribution in [0.1, 0.15) is 31.2 Å². The molecule has 3 aromatic rings. The van der Waals surface area contributed by atoms with Crippen LogP contribution >= 0.6 is 11.6 Å². The number of hydrogen-bond acceptors (Lipinski definition) is 5. The molecule has 0 amide bonds. The summed E-state index contributed by atoms with van der Waals surface area (Å²) >= 11 is 5.87. The topological polar surface area (TPSA) is 72.6 Å². The molecule has 1 heterocycles. The summed E-state index contributed by atoms with van der Waals surface area (Å²) in [5.41, 5.74) is -0.0118. The third-order valence-corrected chi connectivity index (χ3v) is 4.82. The Labute approximate surface area is 162 Å². The van der Waals surface area contributed by atoms with Crippen LogP contribution in [-0.2, 0) is 16.1 Å². The predicted molar refractivity (Wildman–Crippen MR) is 102 cm³/mol. The minimum atomic E-state index is -1.67. The van der Waals surface area contributed by atoms with Crippen LogP contribution < -0.4 is 0 Å². The number of hydrogen-bond donors (Lipinski definition) is 1. The van der Waals surface area contributed by atoms with Crippen molar-refractivity contribution in [1.82, 2.24) is 4.98 Å². The van der Waals surface area contributed by atoms with Crippen LogP contribution in [0.15, 0.2) is 65.2 Å². The van der Waals surface area contributed by atoms with E-state index in [1.165, 1.54) is 6.92 Å². The SMILES string of the molecule is C[C@@H](c1ccccc1)[C@@](C)(O)C(=O)OCc1ncc(-c2ccc(Cl)cc2)o1. The normalized spacial score (nSPS) is 14.4. The quantitative estimate of drug-likeness (QED) is 0.628. The van der Waals surface area contributed by atoms with Crippen molar-refractivity contribution in [3.05, 3.63) is 77.3 Å². The van der Waals surface area contributed by atoms with E-state index in [2.05, 4.69) is 4.98 Å². The largest absolute Gasteiger partial charge is 0.454 e. The fraction of sp³-hybridized carbons (Fsp3) is 0.238. The van der Waals surface area contributed by atoms with Crippen molar-refractivity contribution < 1.29 is 19.1 Å². The van der Waals surface area contributed by atoms with Gasteiger partial charge < -0.3 is 14.3 Å². The van der Waals surface area contributed by atoms with E-state index in [1.54, 1.807) is 25.3 Å². The van der Waals surface area contributed by atoms with Crippen molar-refractivity contribution in [2.45, 2.75) is 32.0 Å². The summed E-state index contributed by atoms with van der Waals surface area (Å²) in [5, 5.41) is 11.3. The molecule has 2 atom stereocenters. The molecule has 140 valence electrons. The monoisotopic (exact) mass is 385 g/mol. The molecule has 3 rings (SSSR count). The lowest BCUT2D eigenvalue weighted by molar-refractivity contribution is -0.167. The molecule has 0 aliphatic heterocycles. The number of aromatic nitrogens is 1. The zero-order valence-electron chi connectivity index (χ0n) is 15.1. The maximum absolute atomic E-state index is 12.4. The van der Waals surface area contributed by atoms with Crippen LogP contribution in [0.4, 0.5) is 0 Å². The lowest BCUT2D eigenvalue weighted by atomic mass is 9.85. The number of esters is 1. The van der Waals surface area contributed by atoms with Crippen molar-refractivity contribution >= 4 is 17.6 Å². The number of ether oxygens (including phenoxy) is 1. The van der Waals surface area contributed by atoms with Crippen molar-refractivity contribution in [2.24, 2.45) is 0 Å². The number of benzene rings is 2. The molecule has 0 aliphatic carbocycles. The standard InChI is InChI=1S/C21H20ClNO4/c1-14(15-6-4-3-5-7-15)21(2,25)20(24)26-13-19-23-12-18(27-19)16-8-10-17(22)11-9-16/h3-12,14,25H,13H2,1-2H3/t14-,21+/m0/s1. The second-order valence-electron chi connectivity index (χ2n) is 6.48. The number of carbonyl (C=O) groups excluding carboxylic acids is 1. The van der Waals surface area contributed by atoms with Crippen LogP contribution in [0.3, 0.4) is 0 Å². The molecule has 0 saturated carbocycles. The summed E-state index contributed by atoms with van der Waals surface area (Å²) in [6.07, 6.45) is 1.55. The Morgan fingerprint density at radius 1 is 1.22 bits per heavy atom. The average molecular weight is 386 g/mol. The first-order valence-electron chi connectivity index (χ1n) is 8.53. The highest BCUT2D eigenvalue weighted by Crippen LogP contribution is 2.29. The summed E-state index contributed by atoms with van der Waals surface area (Å²) in [7, 11) is 0.